The van der Waals surface area contributed by atoms with Gasteiger partial charge < -0.3 is 19.1 Å². The zero-order chi connectivity index (χ0) is 14.3. The molecule has 1 N–H and O–H groups in total. The summed E-state index contributed by atoms with van der Waals surface area (Å²) in [6.45, 7) is 3.54. The van der Waals surface area contributed by atoms with Crippen LogP contribution in [0.2, 0.25) is 0 Å². The van der Waals surface area contributed by atoms with Crippen LogP contribution in [-0.4, -0.2) is 28.9 Å². The summed E-state index contributed by atoms with van der Waals surface area (Å²) in [6, 6.07) is 7.44. The van der Waals surface area contributed by atoms with Crippen LogP contribution >= 0.6 is 0 Å². The summed E-state index contributed by atoms with van der Waals surface area (Å²) in [5.74, 6) is 1.15. The van der Waals surface area contributed by atoms with Crippen LogP contribution in [0.1, 0.15) is 21.7 Å². The molecule has 0 saturated heterocycles. The largest absolute Gasteiger partial charge is 0.454 e. The first-order valence-corrected chi connectivity index (χ1v) is 6.35. The minimum absolute atomic E-state index is 0.233. The molecule has 5 heteroatoms. The van der Waals surface area contributed by atoms with Crippen molar-refractivity contribution in [3.05, 3.63) is 41.2 Å². The molecule has 5 nitrogen and oxygen atoms in total. The monoisotopic (exact) mass is 273 g/mol. The van der Waals surface area contributed by atoms with Crippen LogP contribution in [0, 0.1) is 13.8 Å². The number of carbonyl (C=O) groups excluding carboxylic acids is 1. The highest BCUT2D eigenvalue weighted by Gasteiger charge is 2.18. The van der Waals surface area contributed by atoms with Gasteiger partial charge >= 0.3 is 0 Å². The standard InChI is InChI=1S/C15H15NO4/c1-9-5-12(13(18)7-17)10(2)16(9)11-3-4-14-15(6-11)20-8-19-14/h3-6,17H,7-8H2,1-2H3. The quantitative estimate of drug-likeness (QED) is 0.869. The number of Topliss-reactive ketones (excluding diaryl/α,β-unsaturated/α-hetero) is 1. The molecule has 0 fully saturated rings. The number of aliphatic hydroxyl groups excluding tert-OH is 1. The second kappa shape index (κ2) is 4.68. The number of hydrogen-bond acceptors (Lipinski definition) is 4. The third-order valence-corrected chi connectivity index (χ3v) is 3.49. The fraction of sp³-hybridized carbons (Fsp3) is 0.267. The summed E-state index contributed by atoms with van der Waals surface area (Å²) >= 11 is 0. The SMILES string of the molecule is Cc1cc(C(=O)CO)c(C)n1-c1ccc2c(c1)OCO2. The Morgan fingerprint density at radius 3 is 2.75 bits per heavy atom. The fourth-order valence-corrected chi connectivity index (χ4v) is 2.55. The van der Waals surface area contributed by atoms with E-state index in [1.165, 1.54) is 0 Å². The Balaban J connectivity index is 2.10. The molecule has 2 aromatic rings. The van der Waals surface area contributed by atoms with Gasteiger partial charge in [-0.1, -0.05) is 0 Å². The highest BCUT2D eigenvalue weighted by atomic mass is 16.7. The predicted octanol–water partition coefficient (Wildman–Crippen LogP) is 2.00. The average molecular weight is 273 g/mol. The van der Waals surface area contributed by atoms with Crippen LogP contribution in [0.3, 0.4) is 0 Å². The molecule has 2 heterocycles. The number of benzene rings is 1. The summed E-state index contributed by atoms with van der Waals surface area (Å²) in [4.78, 5) is 11.7. The molecule has 1 aromatic carbocycles. The van der Waals surface area contributed by atoms with Gasteiger partial charge in [-0.05, 0) is 32.0 Å². The van der Waals surface area contributed by atoms with E-state index in [4.69, 9.17) is 14.6 Å². The van der Waals surface area contributed by atoms with Crippen LogP contribution in [0.25, 0.3) is 5.69 Å². The first kappa shape index (κ1) is 12.7. The van der Waals surface area contributed by atoms with Crippen LogP contribution < -0.4 is 9.47 Å². The van der Waals surface area contributed by atoms with Gasteiger partial charge in [-0.3, -0.25) is 4.79 Å². The lowest BCUT2D eigenvalue weighted by molar-refractivity contribution is 0.0903. The minimum Gasteiger partial charge on any atom is -0.454 e. The molecule has 1 aliphatic heterocycles. The van der Waals surface area contributed by atoms with Crippen molar-refractivity contribution in [1.82, 2.24) is 4.57 Å². The molecule has 0 amide bonds. The molecular formula is C15H15NO4. The number of aromatic nitrogens is 1. The zero-order valence-electron chi connectivity index (χ0n) is 11.3. The van der Waals surface area contributed by atoms with E-state index in [1.54, 1.807) is 6.07 Å². The number of ether oxygens (including phenoxy) is 2. The number of nitrogens with zero attached hydrogens (tertiary/aromatic N) is 1. The first-order chi connectivity index (χ1) is 9.61. The Kier molecular flexibility index (Phi) is 2.99. The van der Waals surface area contributed by atoms with Gasteiger partial charge in [0.05, 0.1) is 0 Å². The molecule has 104 valence electrons. The highest BCUT2D eigenvalue weighted by molar-refractivity contribution is 5.98. The van der Waals surface area contributed by atoms with Gasteiger partial charge in [-0.2, -0.15) is 0 Å². The van der Waals surface area contributed by atoms with E-state index in [1.807, 2.05) is 36.6 Å². The predicted molar refractivity (Wildman–Crippen MR) is 72.8 cm³/mol. The van der Waals surface area contributed by atoms with Crippen LogP contribution in [0.15, 0.2) is 24.3 Å². The number of rotatable bonds is 3. The zero-order valence-corrected chi connectivity index (χ0v) is 11.3. The molecule has 1 aromatic heterocycles. The molecular weight excluding hydrogens is 258 g/mol. The number of hydrogen-bond donors (Lipinski definition) is 1. The van der Waals surface area contributed by atoms with Crippen LogP contribution in [0.5, 0.6) is 11.5 Å². The van der Waals surface area contributed by atoms with Crippen molar-refractivity contribution < 1.29 is 19.4 Å². The molecule has 0 atom stereocenters. The van der Waals surface area contributed by atoms with E-state index in [0.29, 0.717) is 11.3 Å². The van der Waals surface area contributed by atoms with E-state index >= 15 is 0 Å². The molecule has 0 saturated carbocycles. The van der Waals surface area contributed by atoms with Gasteiger partial charge in [-0.25, -0.2) is 0 Å². The van der Waals surface area contributed by atoms with Crippen molar-refractivity contribution in [3.63, 3.8) is 0 Å². The maximum atomic E-state index is 11.7. The second-order valence-corrected chi connectivity index (χ2v) is 4.74. The van der Waals surface area contributed by atoms with Gasteiger partial charge in [0.25, 0.3) is 0 Å². The lowest BCUT2D eigenvalue weighted by Gasteiger charge is -2.10. The van der Waals surface area contributed by atoms with E-state index in [2.05, 4.69) is 0 Å². The lowest BCUT2D eigenvalue weighted by atomic mass is 10.1. The van der Waals surface area contributed by atoms with Crippen LogP contribution in [-0.2, 0) is 0 Å². The summed E-state index contributed by atoms with van der Waals surface area (Å²) < 4.78 is 12.6. The van der Waals surface area contributed by atoms with Crippen molar-refractivity contribution in [2.75, 3.05) is 13.4 Å². The summed E-state index contributed by atoms with van der Waals surface area (Å²) in [6.07, 6.45) is 0. The van der Waals surface area contributed by atoms with Gasteiger partial charge in [0.2, 0.25) is 6.79 Å². The van der Waals surface area contributed by atoms with Crippen molar-refractivity contribution in [2.24, 2.45) is 0 Å². The molecule has 20 heavy (non-hydrogen) atoms. The fourth-order valence-electron chi connectivity index (χ4n) is 2.55. The Labute approximate surface area is 116 Å². The summed E-state index contributed by atoms with van der Waals surface area (Å²) in [5.41, 5.74) is 3.18. The van der Waals surface area contributed by atoms with Crippen LogP contribution in [0.4, 0.5) is 0 Å². The number of aryl methyl sites for hydroxylation is 1. The lowest BCUT2D eigenvalue weighted by Crippen LogP contribution is -2.06. The van der Waals surface area contributed by atoms with Gasteiger partial charge in [-0.15, -0.1) is 0 Å². The average Bonchev–Trinajstić information content (AvgIpc) is 3.01. The van der Waals surface area contributed by atoms with E-state index in [9.17, 15) is 4.79 Å². The molecule has 0 aliphatic carbocycles. The van der Waals surface area contributed by atoms with Gasteiger partial charge in [0, 0.05) is 28.7 Å². The Morgan fingerprint density at radius 2 is 2.00 bits per heavy atom. The third-order valence-electron chi connectivity index (χ3n) is 3.49. The molecule has 3 rings (SSSR count). The molecule has 0 bridgehead atoms. The number of aliphatic hydroxyl groups is 1. The third kappa shape index (κ3) is 1.87. The van der Waals surface area contributed by atoms with Gasteiger partial charge in [0.15, 0.2) is 17.3 Å². The van der Waals surface area contributed by atoms with Crippen molar-refractivity contribution in [2.45, 2.75) is 13.8 Å². The molecule has 1 aliphatic rings. The Morgan fingerprint density at radius 1 is 1.25 bits per heavy atom. The molecule has 0 unspecified atom stereocenters. The Hall–Kier alpha value is -2.27. The maximum Gasteiger partial charge on any atom is 0.231 e. The Bertz CT molecular complexity index is 687. The van der Waals surface area contributed by atoms with Crippen molar-refractivity contribution in [1.29, 1.82) is 0 Å². The minimum atomic E-state index is -0.481. The second-order valence-electron chi connectivity index (χ2n) is 4.74. The maximum absolute atomic E-state index is 11.7. The topological polar surface area (TPSA) is 60.7 Å². The van der Waals surface area contributed by atoms with Gasteiger partial charge in [0.1, 0.15) is 6.61 Å². The van der Waals surface area contributed by atoms with Crippen molar-refractivity contribution in [3.8, 4) is 17.2 Å². The number of carbonyl (C=O) groups is 1. The number of ketones is 1. The molecule has 0 radical (unpaired) electrons. The molecule has 0 spiro atoms. The van der Waals surface area contributed by atoms with Crippen molar-refractivity contribution >= 4 is 5.78 Å². The van der Waals surface area contributed by atoms with E-state index in [0.717, 1.165) is 22.8 Å². The summed E-state index contributed by atoms with van der Waals surface area (Å²) in [7, 11) is 0. The smallest absolute Gasteiger partial charge is 0.231 e. The van der Waals surface area contributed by atoms with E-state index < -0.39 is 6.61 Å². The normalized spacial score (nSPS) is 12.8. The highest BCUT2D eigenvalue weighted by Crippen LogP contribution is 2.34. The summed E-state index contributed by atoms with van der Waals surface area (Å²) in [5, 5.41) is 9.01. The first-order valence-electron chi connectivity index (χ1n) is 6.35. The van der Waals surface area contributed by atoms with E-state index in [-0.39, 0.29) is 12.6 Å². The number of fused-ring (bicyclic) bond motifs is 1.